The van der Waals surface area contributed by atoms with Gasteiger partial charge in [0.1, 0.15) is 28.7 Å². The first-order valence-corrected chi connectivity index (χ1v) is 11.8. The Labute approximate surface area is 224 Å². The monoisotopic (exact) mass is 537 g/mol. The number of esters is 1. The molecule has 0 saturated heterocycles. The second-order valence-corrected chi connectivity index (χ2v) is 8.05. The van der Waals surface area contributed by atoms with Gasteiger partial charge in [0.2, 0.25) is 5.91 Å². The summed E-state index contributed by atoms with van der Waals surface area (Å²) in [6, 6.07) is 17.8. The van der Waals surface area contributed by atoms with Crippen LogP contribution in [0.15, 0.2) is 66.7 Å². The summed E-state index contributed by atoms with van der Waals surface area (Å²) in [6.07, 6.45) is 0.169. The number of amides is 2. The molecule has 12 nitrogen and oxygen atoms in total. The largest absolute Gasteiger partial charge is 0.497 e. The van der Waals surface area contributed by atoms with Gasteiger partial charge < -0.3 is 29.6 Å². The van der Waals surface area contributed by atoms with Crippen LogP contribution in [0.1, 0.15) is 19.3 Å². The molecular formula is C27H27N3O9. The van der Waals surface area contributed by atoms with E-state index in [1.54, 1.807) is 55.6 Å². The number of anilines is 2. The molecule has 3 rings (SSSR count). The maximum absolute atomic E-state index is 12.2. The first-order chi connectivity index (χ1) is 18.8. The average Bonchev–Trinajstić information content (AvgIpc) is 2.93. The smallest absolute Gasteiger partial charge is 0.306 e. The van der Waals surface area contributed by atoms with Crippen molar-refractivity contribution in [3.63, 3.8) is 0 Å². The van der Waals surface area contributed by atoms with Crippen LogP contribution in [0, 0.1) is 10.1 Å². The van der Waals surface area contributed by atoms with Crippen LogP contribution in [0.4, 0.5) is 17.1 Å². The molecule has 0 aliphatic carbocycles. The summed E-state index contributed by atoms with van der Waals surface area (Å²) < 4.78 is 20.8. The third kappa shape index (κ3) is 9.04. The molecule has 0 spiro atoms. The predicted octanol–water partition coefficient (Wildman–Crippen LogP) is 4.70. The lowest BCUT2D eigenvalue weighted by Gasteiger charge is -2.09. The third-order valence-corrected chi connectivity index (χ3v) is 5.26. The van der Waals surface area contributed by atoms with Crippen molar-refractivity contribution in [1.82, 2.24) is 0 Å². The van der Waals surface area contributed by atoms with Crippen molar-refractivity contribution in [3.05, 3.63) is 76.8 Å². The van der Waals surface area contributed by atoms with Crippen LogP contribution in [0.25, 0.3) is 0 Å². The molecule has 2 amide bonds. The molecule has 0 atom stereocenters. The molecule has 3 aromatic rings. The lowest BCUT2D eigenvalue weighted by molar-refractivity contribution is -0.383. The molecule has 0 aromatic heterocycles. The number of hydrogen-bond acceptors (Lipinski definition) is 9. The van der Waals surface area contributed by atoms with E-state index in [1.807, 2.05) is 0 Å². The normalized spacial score (nSPS) is 10.2. The summed E-state index contributed by atoms with van der Waals surface area (Å²) in [6.45, 7) is -0.635. The number of ether oxygens (including phenoxy) is 4. The minimum atomic E-state index is -0.753. The van der Waals surface area contributed by atoms with Crippen molar-refractivity contribution in [2.75, 3.05) is 31.5 Å². The molecule has 0 bridgehead atoms. The van der Waals surface area contributed by atoms with Crippen molar-refractivity contribution in [1.29, 1.82) is 0 Å². The fourth-order valence-corrected chi connectivity index (χ4v) is 3.31. The van der Waals surface area contributed by atoms with Gasteiger partial charge in [0, 0.05) is 30.7 Å². The summed E-state index contributed by atoms with van der Waals surface area (Å²) in [5.74, 6) is 0.523. The van der Waals surface area contributed by atoms with E-state index in [1.165, 1.54) is 25.3 Å². The molecular weight excluding hydrogens is 510 g/mol. The van der Waals surface area contributed by atoms with Crippen LogP contribution in [0.3, 0.4) is 0 Å². The van der Waals surface area contributed by atoms with Crippen molar-refractivity contribution in [2.24, 2.45) is 0 Å². The number of hydrogen-bond donors (Lipinski definition) is 2. The summed E-state index contributed by atoms with van der Waals surface area (Å²) in [7, 11) is 2.96. The Morgan fingerprint density at radius 2 is 1.36 bits per heavy atom. The summed E-state index contributed by atoms with van der Waals surface area (Å²) in [5.41, 5.74) is 0.145. The minimum absolute atomic E-state index is 0.0569. The van der Waals surface area contributed by atoms with E-state index in [4.69, 9.17) is 18.9 Å². The molecule has 12 heteroatoms. The Hall–Kier alpha value is -5.13. The van der Waals surface area contributed by atoms with Crippen LogP contribution < -0.4 is 24.8 Å². The van der Waals surface area contributed by atoms with Crippen LogP contribution in [-0.4, -0.2) is 43.5 Å². The SMILES string of the molecule is COc1ccc(Oc2ccc(NC(=O)CCCC(=O)OCC(=O)Nc3cc(OC)ccc3[N+](=O)[O-])cc2)cc1. The van der Waals surface area contributed by atoms with Gasteiger partial charge in [-0.2, -0.15) is 0 Å². The molecule has 2 N–H and O–H groups in total. The number of nitrogens with one attached hydrogen (secondary N) is 2. The Morgan fingerprint density at radius 3 is 1.97 bits per heavy atom. The van der Waals surface area contributed by atoms with Gasteiger partial charge in [0.15, 0.2) is 6.61 Å². The first kappa shape index (κ1) is 28.4. The quantitative estimate of drug-likeness (QED) is 0.179. The van der Waals surface area contributed by atoms with E-state index in [-0.39, 0.29) is 36.5 Å². The zero-order chi connectivity index (χ0) is 28.2. The Bertz CT molecular complexity index is 1310. The van der Waals surface area contributed by atoms with E-state index >= 15 is 0 Å². The molecule has 204 valence electrons. The van der Waals surface area contributed by atoms with Crippen LogP contribution in [0.2, 0.25) is 0 Å². The number of benzene rings is 3. The summed E-state index contributed by atoms with van der Waals surface area (Å²) in [5, 5.41) is 16.2. The molecule has 39 heavy (non-hydrogen) atoms. The number of nitrogens with zero attached hydrogens (tertiary/aromatic N) is 1. The minimum Gasteiger partial charge on any atom is -0.497 e. The second-order valence-electron chi connectivity index (χ2n) is 8.05. The van der Waals surface area contributed by atoms with Gasteiger partial charge >= 0.3 is 5.97 Å². The van der Waals surface area contributed by atoms with Crippen LogP contribution >= 0.6 is 0 Å². The molecule has 0 aliphatic rings. The zero-order valence-corrected chi connectivity index (χ0v) is 21.3. The fourth-order valence-electron chi connectivity index (χ4n) is 3.31. The Balaban J connectivity index is 1.36. The van der Waals surface area contributed by atoms with Gasteiger partial charge in [-0.05, 0) is 61.0 Å². The van der Waals surface area contributed by atoms with Gasteiger partial charge in [-0.3, -0.25) is 24.5 Å². The standard InChI is InChI=1S/C27H27N3O9/c1-36-19-10-12-21(13-11-19)39-20-8-6-18(7-9-20)28-25(31)4-3-5-27(33)38-17-26(32)29-23-16-22(37-2)14-15-24(23)30(34)35/h6-16H,3-5,17H2,1-2H3,(H,28,31)(H,29,32). The number of methoxy groups -OCH3 is 2. The van der Waals surface area contributed by atoms with Crippen molar-refractivity contribution >= 4 is 34.8 Å². The molecule has 0 radical (unpaired) electrons. The first-order valence-electron chi connectivity index (χ1n) is 11.8. The lowest BCUT2D eigenvalue weighted by Crippen LogP contribution is -2.21. The highest BCUT2D eigenvalue weighted by molar-refractivity contribution is 5.95. The third-order valence-electron chi connectivity index (χ3n) is 5.26. The molecule has 0 unspecified atom stereocenters. The number of carbonyl (C=O) groups excluding carboxylic acids is 3. The van der Waals surface area contributed by atoms with E-state index < -0.39 is 23.4 Å². The van der Waals surface area contributed by atoms with E-state index in [9.17, 15) is 24.5 Å². The topological polar surface area (TPSA) is 155 Å². The highest BCUT2D eigenvalue weighted by atomic mass is 16.6. The zero-order valence-electron chi connectivity index (χ0n) is 21.3. The molecule has 0 heterocycles. The molecule has 0 aliphatic heterocycles. The van der Waals surface area contributed by atoms with Gasteiger partial charge in [0.25, 0.3) is 11.6 Å². The van der Waals surface area contributed by atoms with Crippen LogP contribution in [-0.2, 0) is 19.1 Å². The summed E-state index contributed by atoms with van der Waals surface area (Å²) in [4.78, 5) is 46.7. The van der Waals surface area contributed by atoms with E-state index in [0.717, 1.165) is 5.75 Å². The number of nitro groups is 1. The van der Waals surface area contributed by atoms with Gasteiger partial charge in [0.05, 0.1) is 19.1 Å². The van der Waals surface area contributed by atoms with Gasteiger partial charge in [-0.25, -0.2) is 0 Å². The van der Waals surface area contributed by atoms with Gasteiger partial charge in [-0.1, -0.05) is 0 Å². The molecule has 0 saturated carbocycles. The second kappa shape index (κ2) is 14.0. The maximum Gasteiger partial charge on any atom is 0.306 e. The number of carbonyl (C=O) groups is 3. The summed E-state index contributed by atoms with van der Waals surface area (Å²) >= 11 is 0. The highest BCUT2D eigenvalue weighted by Gasteiger charge is 2.18. The Kier molecular flexibility index (Phi) is 10.2. The highest BCUT2D eigenvalue weighted by Crippen LogP contribution is 2.29. The number of nitro benzene ring substituents is 1. The average molecular weight is 538 g/mol. The molecule has 3 aromatic carbocycles. The number of rotatable bonds is 13. The van der Waals surface area contributed by atoms with Crippen molar-refractivity contribution < 1.29 is 38.3 Å². The van der Waals surface area contributed by atoms with Crippen molar-refractivity contribution in [3.8, 4) is 23.0 Å². The van der Waals surface area contributed by atoms with E-state index in [0.29, 0.717) is 22.9 Å². The molecule has 0 fully saturated rings. The predicted molar refractivity (Wildman–Crippen MR) is 141 cm³/mol. The van der Waals surface area contributed by atoms with Gasteiger partial charge in [-0.15, -0.1) is 0 Å². The fraction of sp³-hybridized carbons (Fsp3) is 0.222. The van der Waals surface area contributed by atoms with E-state index in [2.05, 4.69) is 10.6 Å². The lowest BCUT2D eigenvalue weighted by atomic mass is 10.2. The Morgan fingerprint density at radius 1 is 0.769 bits per heavy atom. The van der Waals surface area contributed by atoms with Crippen LogP contribution in [0.5, 0.6) is 23.0 Å². The maximum atomic E-state index is 12.2. The van der Waals surface area contributed by atoms with Crippen molar-refractivity contribution in [2.45, 2.75) is 19.3 Å².